The quantitative estimate of drug-likeness (QED) is 0.428. The van der Waals surface area contributed by atoms with E-state index in [2.05, 4.69) is 21.1 Å². The summed E-state index contributed by atoms with van der Waals surface area (Å²) in [6.45, 7) is 0.438. The Morgan fingerprint density at radius 3 is 2.90 bits per heavy atom. The Bertz CT molecular complexity index is 1290. The fourth-order valence-corrected chi connectivity index (χ4v) is 3.58. The summed E-state index contributed by atoms with van der Waals surface area (Å²) in [5, 5.41) is 9.19. The predicted molar refractivity (Wildman–Crippen MR) is 105 cm³/mol. The van der Waals surface area contributed by atoms with Crippen molar-refractivity contribution in [2.75, 3.05) is 0 Å². The molecule has 5 rings (SSSR count). The van der Waals surface area contributed by atoms with Gasteiger partial charge in [0, 0.05) is 10.6 Å². The van der Waals surface area contributed by atoms with Crippen molar-refractivity contribution >= 4 is 11.6 Å². The average Bonchev–Trinajstić information content (AvgIpc) is 3.28. The molecule has 29 heavy (non-hydrogen) atoms. The Labute approximate surface area is 170 Å². The molecular weight excluding hydrogens is 393 g/mol. The highest BCUT2D eigenvalue weighted by Crippen LogP contribution is 2.34. The number of fused-ring (bicyclic) bond motifs is 5. The van der Waals surface area contributed by atoms with Gasteiger partial charge < -0.3 is 9.30 Å². The van der Waals surface area contributed by atoms with E-state index in [4.69, 9.17) is 22.8 Å². The zero-order valence-corrected chi connectivity index (χ0v) is 15.8. The highest BCUT2D eigenvalue weighted by Gasteiger charge is 2.26. The maximum Gasteiger partial charge on any atom is 0.171 e. The Morgan fingerprint density at radius 2 is 2.07 bits per heavy atom. The van der Waals surface area contributed by atoms with Gasteiger partial charge in [-0.05, 0) is 36.3 Å². The minimum Gasteiger partial charge on any atom is -0.483 e. The van der Waals surface area contributed by atoms with Gasteiger partial charge in [0.15, 0.2) is 23.2 Å². The molecule has 0 atom stereocenters. The van der Waals surface area contributed by atoms with Crippen molar-refractivity contribution in [1.82, 2.24) is 24.3 Å². The second kappa shape index (κ2) is 6.76. The van der Waals surface area contributed by atoms with E-state index in [-0.39, 0.29) is 12.4 Å². The van der Waals surface area contributed by atoms with E-state index in [1.807, 2.05) is 21.3 Å². The van der Waals surface area contributed by atoms with Crippen LogP contribution >= 0.6 is 11.6 Å². The van der Waals surface area contributed by atoms with Crippen molar-refractivity contribution in [3.05, 3.63) is 76.8 Å². The zero-order chi connectivity index (χ0) is 20.0. The maximum atomic E-state index is 13.9. The number of hydrogen-bond acceptors (Lipinski definition) is 4. The van der Waals surface area contributed by atoms with Crippen LogP contribution in [-0.4, -0.2) is 24.3 Å². The number of imidazole rings is 1. The summed E-state index contributed by atoms with van der Waals surface area (Å²) in [6.07, 6.45) is 7.33. The molecule has 0 aliphatic carbocycles. The van der Waals surface area contributed by atoms with Crippen molar-refractivity contribution in [2.24, 2.45) is 0 Å². The van der Waals surface area contributed by atoms with Crippen LogP contribution in [-0.2, 0) is 13.2 Å². The molecule has 2 aromatic carbocycles. The molecule has 3 heterocycles. The largest absolute Gasteiger partial charge is 0.483 e. The lowest BCUT2D eigenvalue weighted by Crippen LogP contribution is -2.11. The second-order valence-corrected chi connectivity index (χ2v) is 6.90. The SMILES string of the molecule is C#Cc1ncn2c1Cn1c(COc3ccccc3F)nnc1-c1cc(Cl)ccc1-2. The van der Waals surface area contributed by atoms with Gasteiger partial charge >= 0.3 is 0 Å². The zero-order valence-electron chi connectivity index (χ0n) is 15.0. The van der Waals surface area contributed by atoms with Gasteiger partial charge in [0.2, 0.25) is 0 Å². The van der Waals surface area contributed by atoms with Gasteiger partial charge in [-0.2, -0.15) is 0 Å². The summed E-state index contributed by atoms with van der Waals surface area (Å²) < 4.78 is 23.4. The van der Waals surface area contributed by atoms with Crippen molar-refractivity contribution < 1.29 is 9.13 Å². The van der Waals surface area contributed by atoms with Gasteiger partial charge in [-0.25, -0.2) is 9.37 Å². The van der Waals surface area contributed by atoms with Crippen molar-refractivity contribution in [3.63, 3.8) is 0 Å². The van der Waals surface area contributed by atoms with E-state index in [0.29, 0.717) is 28.9 Å². The third kappa shape index (κ3) is 2.85. The van der Waals surface area contributed by atoms with Crippen LogP contribution in [0.4, 0.5) is 4.39 Å². The molecule has 1 aliphatic heterocycles. The summed E-state index contributed by atoms with van der Waals surface area (Å²) in [5.74, 6) is 3.49. The highest BCUT2D eigenvalue weighted by atomic mass is 35.5. The van der Waals surface area contributed by atoms with E-state index >= 15 is 0 Å². The van der Waals surface area contributed by atoms with E-state index in [0.717, 1.165) is 16.9 Å². The van der Waals surface area contributed by atoms with Crippen LogP contribution < -0.4 is 4.74 Å². The smallest absolute Gasteiger partial charge is 0.171 e. The molecule has 8 heteroatoms. The number of nitrogens with zero attached hydrogens (tertiary/aromatic N) is 5. The van der Waals surface area contributed by atoms with Crippen LogP contribution in [0.15, 0.2) is 48.8 Å². The van der Waals surface area contributed by atoms with E-state index in [1.165, 1.54) is 6.07 Å². The van der Waals surface area contributed by atoms with Gasteiger partial charge in [-0.3, -0.25) is 4.57 Å². The molecule has 0 unspecified atom stereocenters. The molecule has 142 valence electrons. The highest BCUT2D eigenvalue weighted by molar-refractivity contribution is 6.31. The first-order chi connectivity index (χ1) is 14.2. The number of terminal acetylenes is 1. The van der Waals surface area contributed by atoms with Gasteiger partial charge in [0.1, 0.15) is 18.6 Å². The van der Waals surface area contributed by atoms with Crippen molar-refractivity contribution in [1.29, 1.82) is 0 Å². The molecule has 0 saturated heterocycles. The molecule has 0 fully saturated rings. The summed E-state index contributed by atoms with van der Waals surface area (Å²) in [5.41, 5.74) is 3.00. The van der Waals surface area contributed by atoms with E-state index in [1.54, 1.807) is 30.6 Å². The monoisotopic (exact) mass is 405 g/mol. The molecule has 0 spiro atoms. The van der Waals surface area contributed by atoms with Gasteiger partial charge in [-0.15, -0.1) is 16.6 Å². The molecule has 0 bridgehead atoms. The van der Waals surface area contributed by atoms with Crippen LogP contribution in [0.5, 0.6) is 5.75 Å². The average molecular weight is 406 g/mol. The number of aromatic nitrogens is 5. The number of halogens is 2. The third-order valence-corrected chi connectivity index (χ3v) is 5.03. The molecule has 2 aromatic heterocycles. The van der Waals surface area contributed by atoms with E-state index < -0.39 is 5.82 Å². The summed E-state index contributed by atoms with van der Waals surface area (Å²) in [7, 11) is 0. The molecule has 4 aromatic rings. The molecule has 0 amide bonds. The third-order valence-electron chi connectivity index (χ3n) is 4.79. The summed E-state index contributed by atoms with van der Waals surface area (Å²) in [6, 6.07) is 11.7. The fraction of sp³-hybridized carbons (Fsp3) is 0.0952. The van der Waals surface area contributed by atoms with E-state index in [9.17, 15) is 4.39 Å². The number of benzene rings is 2. The minimum atomic E-state index is -0.437. The second-order valence-electron chi connectivity index (χ2n) is 6.46. The van der Waals surface area contributed by atoms with Crippen LogP contribution in [0.1, 0.15) is 17.2 Å². The van der Waals surface area contributed by atoms with Crippen LogP contribution in [0.2, 0.25) is 5.02 Å². The first-order valence-electron chi connectivity index (χ1n) is 8.78. The molecule has 0 N–H and O–H groups in total. The van der Waals surface area contributed by atoms with Gasteiger partial charge in [0.25, 0.3) is 0 Å². The Morgan fingerprint density at radius 1 is 1.21 bits per heavy atom. The van der Waals surface area contributed by atoms with Gasteiger partial charge in [0.05, 0.1) is 17.9 Å². The minimum absolute atomic E-state index is 0.0450. The topological polar surface area (TPSA) is 57.8 Å². The van der Waals surface area contributed by atoms with Crippen molar-refractivity contribution in [2.45, 2.75) is 13.2 Å². The van der Waals surface area contributed by atoms with Gasteiger partial charge in [-0.1, -0.05) is 23.7 Å². The van der Waals surface area contributed by atoms with Crippen LogP contribution in [0.3, 0.4) is 0 Å². The fourth-order valence-electron chi connectivity index (χ4n) is 3.41. The first kappa shape index (κ1) is 17.5. The molecular formula is C21H13ClFN5O. The number of ether oxygens (including phenoxy) is 1. The lowest BCUT2D eigenvalue weighted by Gasteiger charge is -2.10. The lowest BCUT2D eigenvalue weighted by molar-refractivity contribution is 0.276. The standard InChI is InChI=1S/C21H13ClFN5O/c1-2-16-18-10-27-20(11-29-19-6-4-3-5-15(19)23)25-26-21(27)14-9-13(22)7-8-17(14)28(18)12-24-16/h1,3-9,12H,10-11H2. The molecule has 1 aliphatic rings. The number of para-hydroxylation sites is 1. The molecule has 0 saturated carbocycles. The number of rotatable bonds is 3. The Kier molecular flexibility index (Phi) is 4.07. The lowest BCUT2D eigenvalue weighted by atomic mass is 10.1. The first-order valence-corrected chi connectivity index (χ1v) is 9.16. The normalized spacial score (nSPS) is 11.8. The Balaban J connectivity index is 1.62. The summed E-state index contributed by atoms with van der Waals surface area (Å²) >= 11 is 6.24. The molecule has 6 nitrogen and oxygen atoms in total. The van der Waals surface area contributed by atoms with Crippen LogP contribution in [0, 0.1) is 18.2 Å². The summed E-state index contributed by atoms with van der Waals surface area (Å²) in [4.78, 5) is 4.33. The Hall–Kier alpha value is -3.63. The van der Waals surface area contributed by atoms with Crippen LogP contribution in [0.25, 0.3) is 17.1 Å². The number of hydrogen-bond donors (Lipinski definition) is 0. The molecule has 0 radical (unpaired) electrons. The predicted octanol–water partition coefficient (Wildman–Crippen LogP) is 3.85. The van der Waals surface area contributed by atoms with Crippen molar-refractivity contribution in [3.8, 4) is 35.2 Å². The maximum absolute atomic E-state index is 13.9.